The van der Waals surface area contributed by atoms with Crippen LogP contribution < -0.4 is 10.1 Å². The van der Waals surface area contributed by atoms with Gasteiger partial charge in [0.25, 0.3) is 5.91 Å². The van der Waals surface area contributed by atoms with Gasteiger partial charge in [-0.2, -0.15) is 0 Å². The van der Waals surface area contributed by atoms with Crippen molar-refractivity contribution in [3.8, 4) is 5.75 Å². The van der Waals surface area contributed by atoms with Gasteiger partial charge < -0.3 is 14.8 Å². The Morgan fingerprint density at radius 1 is 1.23 bits per heavy atom. The Morgan fingerprint density at radius 3 is 2.91 bits per heavy atom. The third kappa shape index (κ3) is 4.21. The first-order chi connectivity index (χ1) is 10.8. The molecule has 5 nitrogen and oxygen atoms in total. The second-order valence-electron chi connectivity index (χ2n) is 5.88. The fraction of sp³-hybridized carbons (Fsp3) is 0.588. The lowest BCUT2D eigenvalue weighted by atomic mass is 10.1. The third-order valence-electron chi connectivity index (χ3n) is 4.29. The Balaban J connectivity index is 1.35. The second-order valence-corrected chi connectivity index (χ2v) is 5.88. The number of nitrogens with one attached hydrogen (secondary N) is 1. The van der Waals surface area contributed by atoms with E-state index in [2.05, 4.69) is 22.3 Å². The number of ether oxygens (including phenoxy) is 2. The first-order valence-electron chi connectivity index (χ1n) is 8.13. The maximum absolute atomic E-state index is 11.8. The molecule has 0 radical (unpaired) electrons. The average Bonchev–Trinajstić information content (AvgIpc) is 3.01. The summed E-state index contributed by atoms with van der Waals surface area (Å²) in [6, 6.07) is 6.16. The molecule has 1 aromatic carbocycles. The molecule has 0 spiro atoms. The molecule has 1 fully saturated rings. The lowest BCUT2D eigenvalue weighted by Gasteiger charge is -2.26. The van der Waals surface area contributed by atoms with E-state index in [0.717, 1.165) is 51.4 Å². The SMILES string of the molecule is O=C(COc1ccc2c(c1)CCC2)NCCN1CCOCC1. The van der Waals surface area contributed by atoms with Crippen LogP contribution in [0, 0.1) is 0 Å². The van der Waals surface area contributed by atoms with Crippen LogP contribution in [0.15, 0.2) is 18.2 Å². The van der Waals surface area contributed by atoms with E-state index in [9.17, 15) is 4.79 Å². The van der Waals surface area contributed by atoms with Crippen LogP contribution in [0.1, 0.15) is 17.5 Å². The summed E-state index contributed by atoms with van der Waals surface area (Å²) in [5.74, 6) is 0.734. The molecule has 1 aliphatic carbocycles. The first kappa shape index (κ1) is 15.3. The zero-order valence-electron chi connectivity index (χ0n) is 13.0. The van der Waals surface area contributed by atoms with Gasteiger partial charge in [0.2, 0.25) is 0 Å². The zero-order valence-corrected chi connectivity index (χ0v) is 13.0. The van der Waals surface area contributed by atoms with Gasteiger partial charge >= 0.3 is 0 Å². The number of carbonyl (C=O) groups excluding carboxylic acids is 1. The van der Waals surface area contributed by atoms with Crippen LogP contribution >= 0.6 is 0 Å². The van der Waals surface area contributed by atoms with Crippen molar-refractivity contribution in [2.24, 2.45) is 0 Å². The molecule has 0 bridgehead atoms. The standard InChI is InChI=1S/C17H24N2O3/c20-17(18-6-7-19-8-10-21-11-9-19)13-22-16-5-4-14-2-1-3-15(14)12-16/h4-5,12H,1-3,6-11,13H2,(H,18,20). The van der Waals surface area contributed by atoms with Gasteiger partial charge in [0.1, 0.15) is 5.75 Å². The molecule has 1 heterocycles. The predicted octanol–water partition coefficient (Wildman–Crippen LogP) is 1.00. The van der Waals surface area contributed by atoms with Crippen molar-refractivity contribution in [1.29, 1.82) is 0 Å². The zero-order chi connectivity index (χ0) is 15.2. The van der Waals surface area contributed by atoms with Gasteiger partial charge in [-0.05, 0) is 42.5 Å². The molecule has 5 heteroatoms. The first-order valence-corrected chi connectivity index (χ1v) is 8.13. The van der Waals surface area contributed by atoms with Crippen LogP contribution in [0.4, 0.5) is 0 Å². The van der Waals surface area contributed by atoms with Crippen molar-refractivity contribution >= 4 is 5.91 Å². The molecule has 1 aliphatic heterocycles. The van der Waals surface area contributed by atoms with E-state index in [1.807, 2.05) is 6.07 Å². The molecule has 0 saturated carbocycles. The van der Waals surface area contributed by atoms with Crippen LogP contribution in [0.3, 0.4) is 0 Å². The highest BCUT2D eigenvalue weighted by molar-refractivity contribution is 5.77. The Hall–Kier alpha value is -1.59. The monoisotopic (exact) mass is 304 g/mol. The summed E-state index contributed by atoms with van der Waals surface area (Å²) in [5, 5.41) is 2.91. The number of morpholine rings is 1. The van der Waals surface area contributed by atoms with E-state index in [-0.39, 0.29) is 12.5 Å². The lowest BCUT2D eigenvalue weighted by Crippen LogP contribution is -2.42. The third-order valence-corrected chi connectivity index (χ3v) is 4.29. The highest BCUT2D eigenvalue weighted by Crippen LogP contribution is 2.25. The fourth-order valence-electron chi connectivity index (χ4n) is 3.02. The average molecular weight is 304 g/mol. The normalized spacial score (nSPS) is 18.0. The maximum Gasteiger partial charge on any atom is 0.257 e. The number of hydrogen-bond acceptors (Lipinski definition) is 4. The van der Waals surface area contributed by atoms with E-state index >= 15 is 0 Å². The van der Waals surface area contributed by atoms with Crippen LogP contribution in [0.5, 0.6) is 5.75 Å². The number of aryl methyl sites for hydroxylation is 2. The number of amides is 1. The van der Waals surface area contributed by atoms with Gasteiger partial charge in [-0.15, -0.1) is 0 Å². The quantitative estimate of drug-likeness (QED) is 0.852. The van der Waals surface area contributed by atoms with Crippen molar-refractivity contribution in [1.82, 2.24) is 10.2 Å². The van der Waals surface area contributed by atoms with Gasteiger partial charge in [0.05, 0.1) is 13.2 Å². The molecule has 0 atom stereocenters. The number of fused-ring (bicyclic) bond motifs is 1. The van der Waals surface area contributed by atoms with Crippen molar-refractivity contribution in [3.63, 3.8) is 0 Å². The molecule has 3 rings (SSSR count). The summed E-state index contributed by atoms with van der Waals surface area (Å²) in [7, 11) is 0. The Kier molecular flexibility index (Phi) is 5.29. The topological polar surface area (TPSA) is 50.8 Å². The highest BCUT2D eigenvalue weighted by Gasteiger charge is 2.12. The minimum Gasteiger partial charge on any atom is -0.484 e. The summed E-state index contributed by atoms with van der Waals surface area (Å²) in [4.78, 5) is 14.1. The summed E-state index contributed by atoms with van der Waals surface area (Å²) >= 11 is 0. The second kappa shape index (κ2) is 7.61. The van der Waals surface area contributed by atoms with Gasteiger partial charge in [-0.3, -0.25) is 9.69 Å². The van der Waals surface area contributed by atoms with Crippen LogP contribution in [0.25, 0.3) is 0 Å². The maximum atomic E-state index is 11.8. The van der Waals surface area contributed by atoms with Gasteiger partial charge in [-0.25, -0.2) is 0 Å². The minimum atomic E-state index is -0.0613. The minimum absolute atomic E-state index is 0.0613. The summed E-state index contributed by atoms with van der Waals surface area (Å²) in [6.45, 7) is 5.08. The van der Waals surface area contributed by atoms with E-state index in [1.165, 1.54) is 17.5 Å². The number of carbonyl (C=O) groups is 1. The molecule has 1 saturated heterocycles. The molecule has 0 unspecified atom stereocenters. The summed E-state index contributed by atoms with van der Waals surface area (Å²) in [5.41, 5.74) is 2.78. The van der Waals surface area contributed by atoms with Crippen LogP contribution in [-0.4, -0.2) is 56.8 Å². The van der Waals surface area contributed by atoms with E-state index in [0.29, 0.717) is 6.54 Å². The predicted molar refractivity (Wildman–Crippen MR) is 84.2 cm³/mol. The van der Waals surface area contributed by atoms with Crippen molar-refractivity contribution in [3.05, 3.63) is 29.3 Å². The van der Waals surface area contributed by atoms with Gasteiger partial charge in [0, 0.05) is 26.2 Å². The number of hydrogen-bond donors (Lipinski definition) is 1. The molecule has 1 N–H and O–H groups in total. The molecule has 22 heavy (non-hydrogen) atoms. The number of nitrogens with zero attached hydrogens (tertiary/aromatic N) is 1. The smallest absolute Gasteiger partial charge is 0.257 e. The lowest BCUT2D eigenvalue weighted by molar-refractivity contribution is -0.123. The van der Waals surface area contributed by atoms with Crippen LogP contribution in [-0.2, 0) is 22.4 Å². The van der Waals surface area contributed by atoms with Crippen LogP contribution in [0.2, 0.25) is 0 Å². The van der Waals surface area contributed by atoms with Crippen molar-refractivity contribution < 1.29 is 14.3 Å². The number of rotatable bonds is 6. The number of benzene rings is 1. The summed E-state index contributed by atoms with van der Waals surface area (Å²) < 4.78 is 10.9. The van der Waals surface area contributed by atoms with E-state index < -0.39 is 0 Å². The molecule has 120 valence electrons. The largest absolute Gasteiger partial charge is 0.484 e. The van der Waals surface area contributed by atoms with E-state index in [4.69, 9.17) is 9.47 Å². The van der Waals surface area contributed by atoms with E-state index in [1.54, 1.807) is 0 Å². The Morgan fingerprint density at radius 2 is 2.05 bits per heavy atom. The molecule has 0 aromatic heterocycles. The Labute approximate surface area is 131 Å². The highest BCUT2D eigenvalue weighted by atomic mass is 16.5. The molecule has 1 amide bonds. The van der Waals surface area contributed by atoms with Gasteiger partial charge in [-0.1, -0.05) is 6.07 Å². The summed E-state index contributed by atoms with van der Waals surface area (Å²) in [6.07, 6.45) is 3.51. The molecular formula is C17H24N2O3. The molecule has 2 aliphatic rings. The Bertz CT molecular complexity index is 513. The van der Waals surface area contributed by atoms with Crippen molar-refractivity contribution in [2.75, 3.05) is 46.0 Å². The van der Waals surface area contributed by atoms with Crippen molar-refractivity contribution in [2.45, 2.75) is 19.3 Å². The molecule has 1 aromatic rings. The fourth-order valence-corrected chi connectivity index (χ4v) is 3.02. The van der Waals surface area contributed by atoms with Gasteiger partial charge in [0.15, 0.2) is 6.61 Å². The molecular weight excluding hydrogens is 280 g/mol.